The van der Waals surface area contributed by atoms with Crippen LogP contribution in [0.1, 0.15) is 20.3 Å². The van der Waals surface area contributed by atoms with Crippen molar-refractivity contribution in [1.82, 2.24) is 0 Å². The summed E-state index contributed by atoms with van der Waals surface area (Å²) in [6.45, 7) is 2.87. The van der Waals surface area contributed by atoms with Gasteiger partial charge in [0.05, 0.1) is 0 Å². The highest BCUT2D eigenvalue weighted by Gasteiger charge is 2.65. The Hall–Kier alpha value is 0.170. The van der Waals surface area contributed by atoms with Crippen molar-refractivity contribution in [3.05, 3.63) is 0 Å². The summed E-state index contributed by atoms with van der Waals surface area (Å²) in [5, 5.41) is 6.57. The van der Waals surface area contributed by atoms with Gasteiger partial charge in [-0.05, 0) is 11.0 Å². The van der Waals surface area contributed by atoms with Crippen LogP contribution in [-0.2, 0) is 9.13 Å². The van der Waals surface area contributed by atoms with Crippen molar-refractivity contribution >= 4 is 15.6 Å². The summed E-state index contributed by atoms with van der Waals surface area (Å²) in [5.74, 6) is -0.943. The molecular formula is C5H13O6P2+. The maximum atomic E-state index is 10.8. The molecule has 6 nitrogen and oxygen atoms in total. The molecule has 0 fully saturated rings. The van der Waals surface area contributed by atoms with Gasteiger partial charge >= 0.3 is 20.7 Å². The normalized spacial score (nSPS) is 20.6. The van der Waals surface area contributed by atoms with Gasteiger partial charge in [-0.25, -0.2) is 0 Å². The van der Waals surface area contributed by atoms with Gasteiger partial charge in [0.25, 0.3) is 0 Å². The summed E-state index contributed by atoms with van der Waals surface area (Å²) in [6.07, 6.45) is 0.198. The third-order valence-corrected chi connectivity index (χ3v) is 5.58. The van der Waals surface area contributed by atoms with E-state index < -0.39 is 26.6 Å². The van der Waals surface area contributed by atoms with Gasteiger partial charge in [0.2, 0.25) is 0 Å². The minimum Gasteiger partial charge on any atom is -0.337 e. The van der Waals surface area contributed by atoms with Gasteiger partial charge in [-0.3, -0.25) is 4.57 Å². The van der Waals surface area contributed by atoms with E-state index in [9.17, 15) is 14.2 Å². The highest BCUT2D eigenvalue weighted by molar-refractivity contribution is 7.66. The van der Waals surface area contributed by atoms with Crippen LogP contribution in [0.25, 0.3) is 0 Å². The lowest BCUT2D eigenvalue weighted by Gasteiger charge is -2.21. The predicted molar refractivity (Wildman–Crippen MR) is 46.3 cm³/mol. The number of hydrogen-bond donors (Lipinski definition) is 4. The van der Waals surface area contributed by atoms with Gasteiger partial charge in [0.15, 0.2) is 0 Å². The first kappa shape index (κ1) is 13.2. The standard InChI is InChI=1S/C5H12O6P2/c1-3-4(2)5(6,12(7)8)13(9,10)11/h4,6H,3H2,1-2H3,(H2-,7,8,9,10,11)/p+1. The molecule has 0 rings (SSSR count). The fourth-order valence-corrected chi connectivity index (χ4v) is 3.07. The fourth-order valence-electron chi connectivity index (χ4n) is 0.861. The number of aliphatic hydroxyl groups is 1. The van der Waals surface area contributed by atoms with E-state index in [0.717, 1.165) is 0 Å². The average Bonchev–Trinajstić information content (AvgIpc) is 1.98. The van der Waals surface area contributed by atoms with Crippen molar-refractivity contribution in [2.75, 3.05) is 0 Å². The molecule has 0 heterocycles. The molecule has 0 aliphatic heterocycles. The van der Waals surface area contributed by atoms with E-state index in [1.54, 1.807) is 6.92 Å². The molecule has 8 heteroatoms. The monoisotopic (exact) mass is 231 g/mol. The zero-order valence-electron chi connectivity index (χ0n) is 7.28. The molecule has 0 spiro atoms. The summed E-state index contributed by atoms with van der Waals surface area (Å²) in [6, 6.07) is 0. The molecule has 0 aromatic carbocycles. The molecule has 78 valence electrons. The van der Waals surface area contributed by atoms with Crippen LogP contribution in [0.15, 0.2) is 0 Å². The molecule has 0 aliphatic rings. The average molecular weight is 231 g/mol. The lowest BCUT2D eigenvalue weighted by molar-refractivity contribution is 0.103. The van der Waals surface area contributed by atoms with Crippen molar-refractivity contribution < 1.29 is 28.9 Å². The molecule has 0 amide bonds. The third-order valence-electron chi connectivity index (χ3n) is 1.98. The lowest BCUT2D eigenvalue weighted by Crippen LogP contribution is -2.32. The first-order valence-electron chi connectivity index (χ1n) is 3.62. The second kappa shape index (κ2) is 4.13. The molecule has 0 radical (unpaired) electrons. The van der Waals surface area contributed by atoms with Crippen LogP contribution in [0, 0.1) is 5.92 Å². The van der Waals surface area contributed by atoms with E-state index in [-0.39, 0.29) is 6.42 Å². The Morgan fingerprint density at radius 3 is 2.00 bits per heavy atom. The third kappa shape index (κ3) is 2.34. The van der Waals surface area contributed by atoms with Gasteiger partial charge in [-0.2, -0.15) is 4.89 Å². The SMILES string of the molecule is CCC(C)C(O)([P+](=O)O)P(=O)(O)O. The molecule has 0 aliphatic carbocycles. The Morgan fingerprint density at radius 1 is 1.54 bits per heavy atom. The van der Waals surface area contributed by atoms with Crippen LogP contribution < -0.4 is 0 Å². The van der Waals surface area contributed by atoms with Gasteiger partial charge in [0, 0.05) is 5.92 Å². The molecule has 0 saturated heterocycles. The molecule has 3 atom stereocenters. The Labute approximate surface area is 76.6 Å². The second-order valence-electron chi connectivity index (χ2n) is 2.81. The summed E-state index contributed by atoms with van der Waals surface area (Å²) >= 11 is 0. The van der Waals surface area contributed by atoms with Gasteiger partial charge < -0.3 is 14.9 Å². The summed E-state index contributed by atoms with van der Waals surface area (Å²) < 4.78 is 21.5. The number of hydrogen-bond acceptors (Lipinski definition) is 3. The van der Waals surface area contributed by atoms with Gasteiger partial charge in [0.1, 0.15) is 0 Å². The Bertz CT molecular complexity index is 247. The van der Waals surface area contributed by atoms with Crippen LogP contribution in [0.3, 0.4) is 0 Å². The molecule has 0 bridgehead atoms. The van der Waals surface area contributed by atoms with E-state index in [2.05, 4.69) is 0 Å². The molecule has 3 unspecified atom stereocenters. The van der Waals surface area contributed by atoms with Crippen LogP contribution in [-0.4, -0.2) is 24.9 Å². The molecule has 13 heavy (non-hydrogen) atoms. The van der Waals surface area contributed by atoms with Gasteiger partial charge in [-0.1, -0.05) is 13.8 Å². The van der Waals surface area contributed by atoms with Crippen molar-refractivity contribution in [2.45, 2.75) is 25.4 Å². The van der Waals surface area contributed by atoms with Crippen molar-refractivity contribution in [2.24, 2.45) is 5.92 Å². The Balaban J connectivity index is 5.20. The maximum absolute atomic E-state index is 10.8. The second-order valence-corrected chi connectivity index (χ2v) is 6.16. The highest BCUT2D eigenvalue weighted by atomic mass is 31.2. The van der Waals surface area contributed by atoms with Crippen LogP contribution in [0.4, 0.5) is 0 Å². The van der Waals surface area contributed by atoms with Crippen LogP contribution in [0.5, 0.6) is 0 Å². The quantitative estimate of drug-likeness (QED) is 0.526. The predicted octanol–water partition coefficient (Wildman–Crippen LogP) is 0.591. The van der Waals surface area contributed by atoms with Gasteiger partial charge in [-0.15, -0.1) is 0 Å². The zero-order chi connectivity index (χ0) is 10.9. The lowest BCUT2D eigenvalue weighted by atomic mass is 10.1. The fraction of sp³-hybridized carbons (Fsp3) is 1.00. The van der Waals surface area contributed by atoms with Crippen molar-refractivity contribution in [3.8, 4) is 0 Å². The Morgan fingerprint density at radius 2 is 1.92 bits per heavy atom. The van der Waals surface area contributed by atoms with E-state index in [4.69, 9.17) is 14.7 Å². The molecule has 0 saturated carbocycles. The van der Waals surface area contributed by atoms with Crippen LogP contribution >= 0.6 is 15.6 Å². The van der Waals surface area contributed by atoms with E-state index in [1.807, 2.05) is 0 Å². The first-order valence-corrected chi connectivity index (χ1v) is 6.44. The van der Waals surface area contributed by atoms with Crippen molar-refractivity contribution in [3.63, 3.8) is 0 Å². The molecule has 0 aromatic rings. The van der Waals surface area contributed by atoms with Crippen molar-refractivity contribution in [1.29, 1.82) is 0 Å². The van der Waals surface area contributed by atoms with Crippen LogP contribution in [0.2, 0.25) is 0 Å². The van der Waals surface area contributed by atoms with E-state index in [1.165, 1.54) is 6.92 Å². The summed E-state index contributed by atoms with van der Waals surface area (Å²) in [5.41, 5.74) is 0. The topological polar surface area (TPSA) is 115 Å². The zero-order valence-corrected chi connectivity index (χ0v) is 9.07. The van der Waals surface area contributed by atoms with E-state index in [0.29, 0.717) is 0 Å². The number of rotatable bonds is 4. The summed E-state index contributed by atoms with van der Waals surface area (Å²) in [7, 11) is -8.33. The largest absolute Gasteiger partial charge is 0.554 e. The maximum Gasteiger partial charge on any atom is 0.554 e. The first-order chi connectivity index (χ1) is 5.67. The molecule has 0 aromatic heterocycles. The molecule has 4 N–H and O–H groups in total. The summed E-state index contributed by atoms with van der Waals surface area (Å²) in [4.78, 5) is 26.1. The van der Waals surface area contributed by atoms with E-state index >= 15 is 0 Å². The highest BCUT2D eigenvalue weighted by Crippen LogP contribution is 2.63. The smallest absolute Gasteiger partial charge is 0.337 e. The minimum absolute atomic E-state index is 0.198. The minimum atomic E-state index is -4.99. The Kier molecular flexibility index (Phi) is 4.19. The molecular weight excluding hydrogens is 218 g/mol.